The summed E-state index contributed by atoms with van der Waals surface area (Å²) in [6, 6.07) is 71.8. The molecule has 0 amide bonds. The molecule has 12 rings (SSSR count). The first-order valence-electron chi connectivity index (χ1n) is 20.1. The molecule has 12 aromatic rings. The number of hydrogen-bond donors (Lipinski definition) is 0. The highest BCUT2D eigenvalue weighted by Gasteiger charge is 2.21. The van der Waals surface area contributed by atoms with Crippen LogP contribution in [0.3, 0.4) is 0 Å². The lowest BCUT2D eigenvalue weighted by molar-refractivity contribution is 0.620. The van der Waals surface area contributed by atoms with Gasteiger partial charge in [0.25, 0.3) is 0 Å². The average molecular weight is 771 g/mol. The quantitative estimate of drug-likeness (QED) is 0.162. The first kappa shape index (κ1) is 33.9. The minimum atomic E-state index is 0.546. The monoisotopic (exact) mass is 770 g/mol. The van der Waals surface area contributed by atoms with Gasteiger partial charge in [0.2, 0.25) is 5.89 Å². The molecule has 0 radical (unpaired) electrons. The zero-order valence-electron chi connectivity index (χ0n) is 32.2. The van der Waals surface area contributed by atoms with Gasteiger partial charge in [0, 0.05) is 38.8 Å². The molecule has 9 aromatic carbocycles. The van der Waals surface area contributed by atoms with Crippen LogP contribution in [0.1, 0.15) is 0 Å². The van der Waals surface area contributed by atoms with Gasteiger partial charge in [0.1, 0.15) is 27.8 Å². The third-order valence-corrected chi connectivity index (χ3v) is 11.5. The molecular weight excluding hydrogens is 737 g/mol. The molecule has 3 aromatic heterocycles. The number of hydrogen-bond acceptors (Lipinski definition) is 5. The van der Waals surface area contributed by atoms with Crippen LogP contribution in [0.15, 0.2) is 220 Å². The van der Waals surface area contributed by atoms with Crippen LogP contribution in [-0.2, 0) is 0 Å². The number of furan rings is 2. The molecule has 0 saturated heterocycles. The normalized spacial score (nSPS) is 11.7. The first-order valence-corrected chi connectivity index (χ1v) is 20.1. The van der Waals surface area contributed by atoms with Crippen molar-refractivity contribution < 1.29 is 13.3 Å². The number of fused-ring (bicyclic) bond motifs is 8. The van der Waals surface area contributed by atoms with Gasteiger partial charge in [-0.05, 0) is 112 Å². The van der Waals surface area contributed by atoms with Crippen molar-refractivity contribution in [1.29, 1.82) is 0 Å². The van der Waals surface area contributed by atoms with Crippen molar-refractivity contribution in [2.45, 2.75) is 0 Å². The molecule has 0 spiro atoms. The molecule has 60 heavy (non-hydrogen) atoms. The van der Waals surface area contributed by atoms with E-state index >= 15 is 0 Å². The van der Waals surface area contributed by atoms with Gasteiger partial charge < -0.3 is 18.2 Å². The van der Waals surface area contributed by atoms with Crippen molar-refractivity contribution in [1.82, 2.24) is 4.98 Å². The Labute approximate surface area is 345 Å². The highest BCUT2D eigenvalue weighted by Crippen LogP contribution is 2.42. The largest absolute Gasteiger partial charge is 0.456 e. The standard InChI is InChI=1S/C55H34N2O3/c1-3-11-35(12-4-1)37-21-26-41(27-22-37)57(43-16-9-15-39(33-43)36-13-5-2-6-14-36)42-28-23-38(24-29-42)40-25-30-48-46(34-40)53-50(59-48)31-32-51-54(53)56-55(60-51)45-18-10-20-49-52(45)44-17-7-8-19-47(44)58-49/h1-34H. The van der Waals surface area contributed by atoms with Crippen molar-refractivity contribution in [3.63, 3.8) is 0 Å². The van der Waals surface area contributed by atoms with Crippen molar-refractivity contribution in [2.75, 3.05) is 4.90 Å². The van der Waals surface area contributed by atoms with Gasteiger partial charge in [0.05, 0.1) is 5.39 Å². The number of para-hydroxylation sites is 1. The number of anilines is 3. The Kier molecular flexibility index (Phi) is 7.78. The van der Waals surface area contributed by atoms with Crippen LogP contribution in [-0.4, -0.2) is 4.98 Å². The summed E-state index contributed by atoms with van der Waals surface area (Å²) in [4.78, 5) is 7.46. The number of rotatable bonds is 7. The van der Waals surface area contributed by atoms with Gasteiger partial charge in [0.15, 0.2) is 5.58 Å². The number of oxazole rings is 1. The van der Waals surface area contributed by atoms with Crippen molar-refractivity contribution in [3.05, 3.63) is 206 Å². The number of benzene rings is 9. The molecule has 0 atom stereocenters. The van der Waals surface area contributed by atoms with E-state index in [1.807, 2.05) is 48.5 Å². The Hall–Kier alpha value is -8.15. The molecule has 5 nitrogen and oxygen atoms in total. The Bertz CT molecular complexity index is 3530. The van der Waals surface area contributed by atoms with E-state index in [9.17, 15) is 0 Å². The molecule has 5 heteroatoms. The van der Waals surface area contributed by atoms with Crippen LogP contribution in [0.2, 0.25) is 0 Å². The summed E-state index contributed by atoms with van der Waals surface area (Å²) in [5.74, 6) is 0.546. The molecule has 0 fully saturated rings. The van der Waals surface area contributed by atoms with E-state index in [4.69, 9.17) is 18.2 Å². The topological polar surface area (TPSA) is 55.6 Å². The molecule has 282 valence electrons. The van der Waals surface area contributed by atoms with Crippen molar-refractivity contribution in [3.8, 4) is 44.8 Å². The zero-order valence-corrected chi connectivity index (χ0v) is 32.2. The Morgan fingerprint density at radius 3 is 1.58 bits per heavy atom. The zero-order chi connectivity index (χ0) is 39.6. The molecule has 3 heterocycles. The predicted octanol–water partition coefficient (Wildman–Crippen LogP) is 15.8. The summed E-state index contributed by atoms with van der Waals surface area (Å²) in [6.45, 7) is 0. The van der Waals surface area contributed by atoms with Crippen LogP contribution in [0.5, 0.6) is 0 Å². The smallest absolute Gasteiger partial charge is 0.228 e. The second-order valence-electron chi connectivity index (χ2n) is 15.1. The summed E-state index contributed by atoms with van der Waals surface area (Å²) in [6.07, 6.45) is 0. The first-order chi connectivity index (χ1) is 29.7. The summed E-state index contributed by atoms with van der Waals surface area (Å²) in [7, 11) is 0. The predicted molar refractivity (Wildman–Crippen MR) is 245 cm³/mol. The van der Waals surface area contributed by atoms with E-state index < -0.39 is 0 Å². The second-order valence-corrected chi connectivity index (χ2v) is 15.1. The Morgan fingerprint density at radius 2 is 0.833 bits per heavy atom. The van der Waals surface area contributed by atoms with Gasteiger partial charge in [-0.3, -0.25) is 0 Å². The second kappa shape index (κ2) is 13.8. The van der Waals surface area contributed by atoms with Gasteiger partial charge >= 0.3 is 0 Å². The fourth-order valence-electron chi connectivity index (χ4n) is 8.64. The van der Waals surface area contributed by atoms with Crippen molar-refractivity contribution in [2.24, 2.45) is 0 Å². The fraction of sp³-hybridized carbons (Fsp3) is 0. The molecule has 0 unspecified atom stereocenters. The lowest BCUT2D eigenvalue weighted by Gasteiger charge is -2.26. The SMILES string of the molecule is c1ccc(-c2ccc(N(c3ccc(-c4ccc5oc6ccc7oc(-c8cccc9oc%10ccccc%10c89)nc7c6c5c4)cc3)c3cccc(-c4ccccc4)c3)cc2)cc1. The maximum absolute atomic E-state index is 6.49. The molecule has 0 aliphatic heterocycles. The van der Waals surface area contributed by atoms with E-state index in [-0.39, 0.29) is 0 Å². The minimum absolute atomic E-state index is 0.546. The molecule has 0 aliphatic carbocycles. The van der Waals surface area contributed by atoms with Gasteiger partial charge in [-0.15, -0.1) is 0 Å². The lowest BCUT2D eigenvalue weighted by Crippen LogP contribution is -2.10. The summed E-state index contributed by atoms with van der Waals surface area (Å²) >= 11 is 0. The van der Waals surface area contributed by atoms with Gasteiger partial charge in [-0.25, -0.2) is 4.98 Å². The molecule has 0 N–H and O–H groups in total. The summed E-state index contributed by atoms with van der Waals surface area (Å²) < 4.78 is 19.1. The highest BCUT2D eigenvalue weighted by molar-refractivity contribution is 6.18. The number of aromatic nitrogens is 1. The van der Waals surface area contributed by atoms with E-state index in [1.165, 1.54) is 16.7 Å². The maximum Gasteiger partial charge on any atom is 0.228 e. The van der Waals surface area contributed by atoms with E-state index in [0.717, 1.165) is 88.7 Å². The third kappa shape index (κ3) is 5.67. The van der Waals surface area contributed by atoms with Crippen LogP contribution >= 0.6 is 0 Å². The minimum Gasteiger partial charge on any atom is -0.456 e. The molecular formula is C55H34N2O3. The highest BCUT2D eigenvalue weighted by atomic mass is 16.4. The lowest BCUT2D eigenvalue weighted by atomic mass is 10.0. The summed E-state index contributed by atoms with van der Waals surface area (Å²) in [5.41, 5.74) is 15.7. The van der Waals surface area contributed by atoms with Gasteiger partial charge in [-0.1, -0.05) is 127 Å². The Morgan fingerprint density at radius 1 is 0.317 bits per heavy atom. The van der Waals surface area contributed by atoms with Crippen LogP contribution in [0.25, 0.3) is 99.8 Å². The molecule has 0 bridgehead atoms. The third-order valence-electron chi connectivity index (χ3n) is 11.5. The number of nitrogens with zero attached hydrogens (tertiary/aromatic N) is 2. The van der Waals surface area contributed by atoms with Crippen LogP contribution < -0.4 is 4.90 Å². The molecule has 0 aliphatic rings. The Balaban J connectivity index is 0.939. The molecule has 0 saturated carbocycles. The average Bonchev–Trinajstić information content (AvgIpc) is 4.03. The van der Waals surface area contributed by atoms with Crippen LogP contribution in [0.4, 0.5) is 17.1 Å². The van der Waals surface area contributed by atoms with E-state index in [1.54, 1.807) is 0 Å². The van der Waals surface area contributed by atoms with E-state index in [2.05, 4.69) is 163 Å². The van der Waals surface area contributed by atoms with Crippen LogP contribution in [0, 0.1) is 0 Å². The summed E-state index contributed by atoms with van der Waals surface area (Å²) in [5, 5.41) is 3.94. The maximum atomic E-state index is 6.49. The van der Waals surface area contributed by atoms with E-state index in [0.29, 0.717) is 11.5 Å². The van der Waals surface area contributed by atoms with Crippen molar-refractivity contribution >= 4 is 72.0 Å². The van der Waals surface area contributed by atoms with Gasteiger partial charge in [-0.2, -0.15) is 0 Å². The fourth-order valence-corrected chi connectivity index (χ4v) is 8.64.